The number of urea groups is 1. The van der Waals surface area contributed by atoms with E-state index in [-0.39, 0.29) is 48.0 Å². The van der Waals surface area contributed by atoms with Crippen molar-refractivity contribution in [2.45, 2.75) is 87.1 Å². The van der Waals surface area contributed by atoms with Crippen LogP contribution in [0.2, 0.25) is 0 Å². The summed E-state index contributed by atoms with van der Waals surface area (Å²) in [5.74, 6) is -2.92. The molecule has 4 aliphatic rings. The van der Waals surface area contributed by atoms with Crippen LogP contribution in [0, 0.1) is 23.3 Å². The van der Waals surface area contributed by atoms with Crippen molar-refractivity contribution in [3.8, 4) is 0 Å². The fourth-order valence-electron chi connectivity index (χ4n) is 9.17. The Morgan fingerprint density at radius 3 is 1.53 bits per heavy atom. The summed E-state index contributed by atoms with van der Waals surface area (Å²) in [6.45, 7) is 2.52. The number of nitrogens with zero attached hydrogens (tertiary/aromatic N) is 3. The molecule has 8 rings (SSSR count). The van der Waals surface area contributed by atoms with E-state index in [1.807, 2.05) is 19.0 Å². The summed E-state index contributed by atoms with van der Waals surface area (Å²) in [7, 11) is 3.88. The average Bonchev–Trinajstić information content (AvgIpc) is 3.30. The van der Waals surface area contributed by atoms with Crippen LogP contribution in [0.1, 0.15) is 93.6 Å². The lowest BCUT2D eigenvalue weighted by atomic mass is 9.77. The number of nitrogens with one attached hydrogen (secondary N) is 2. The van der Waals surface area contributed by atoms with Crippen molar-refractivity contribution in [1.82, 2.24) is 15.5 Å². The highest BCUT2D eigenvalue weighted by atomic mass is 19.4. The molecule has 2 saturated heterocycles. The van der Waals surface area contributed by atoms with E-state index in [1.165, 1.54) is 36.4 Å². The first-order chi connectivity index (χ1) is 31.9. The summed E-state index contributed by atoms with van der Waals surface area (Å²) in [6.07, 6.45) is -5.78. The van der Waals surface area contributed by atoms with E-state index in [1.54, 1.807) is 17.0 Å². The largest absolute Gasteiger partial charge is 0.407 e. The Hall–Kier alpha value is -5.77. The Bertz CT molecular complexity index is 2490. The van der Waals surface area contributed by atoms with E-state index >= 15 is 0 Å². The molecule has 4 aromatic rings. The van der Waals surface area contributed by atoms with Crippen LogP contribution in [0.15, 0.2) is 72.8 Å². The monoisotopic (exact) mass is 966 g/mol. The molecular weight excluding hydrogens is 915 g/mol. The molecule has 8 N–H and O–H groups in total. The molecule has 2 amide bonds. The van der Waals surface area contributed by atoms with Crippen LogP contribution in [0.3, 0.4) is 0 Å². The number of piperidine rings is 2. The summed E-state index contributed by atoms with van der Waals surface area (Å²) >= 11 is 0. The van der Waals surface area contributed by atoms with Gasteiger partial charge in [-0.1, -0.05) is 12.1 Å². The number of Topliss-reactive ketones (excluding diaryl/α,β-unsaturated/α-hetero) is 2. The van der Waals surface area contributed by atoms with Gasteiger partial charge < -0.3 is 42.5 Å². The fourth-order valence-corrected chi connectivity index (χ4v) is 9.17. The highest BCUT2D eigenvalue weighted by Gasteiger charge is 2.46. The Balaban J connectivity index is 0.000000191. The Morgan fingerprint density at radius 2 is 1.09 bits per heavy atom. The predicted molar refractivity (Wildman–Crippen MR) is 235 cm³/mol. The van der Waals surface area contributed by atoms with Crippen LogP contribution in [-0.2, 0) is 13.1 Å². The van der Waals surface area contributed by atoms with Gasteiger partial charge in [-0.05, 0) is 111 Å². The van der Waals surface area contributed by atoms with E-state index in [4.69, 9.17) is 17.2 Å². The zero-order chi connectivity index (χ0) is 49.9. The number of ketones is 2. The highest BCUT2D eigenvalue weighted by Crippen LogP contribution is 2.43. The van der Waals surface area contributed by atoms with E-state index in [0.717, 1.165) is 55.9 Å². The van der Waals surface area contributed by atoms with Gasteiger partial charge in [0.2, 0.25) is 0 Å². The number of hydrogen-bond acceptors (Lipinski definition) is 9. The first kappa shape index (κ1) is 51.6. The molecule has 0 aliphatic carbocycles. The maximum Gasteiger partial charge on any atom is 0.407 e. The molecular formula is C47H52F10N8O3. The fraction of sp³-hybridized carbons (Fsp3) is 0.426. The maximum atomic E-state index is 13.9. The minimum atomic E-state index is -4.80. The van der Waals surface area contributed by atoms with Crippen molar-refractivity contribution in [2.24, 2.45) is 17.2 Å². The summed E-state index contributed by atoms with van der Waals surface area (Å²) in [5.41, 5.74) is 16.5. The quantitative estimate of drug-likeness (QED) is 0.124. The number of carbonyl (C=O) groups is 3. The zero-order valence-electron chi connectivity index (χ0n) is 37.1. The number of rotatable bonds is 5. The second-order valence-corrected chi connectivity index (χ2v) is 17.4. The minimum Gasteiger partial charge on any atom is -0.368 e. The molecule has 2 spiro atoms. The van der Waals surface area contributed by atoms with Crippen LogP contribution >= 0.6 is 0 Å². The Morgan fingerprint density at radius 1 is 0.662 bits per heavy atom. The van der Waals surface area contributed by atoms with Crippen LogP contribution in [0.25, 0.3) is 0 Å². The second-order valence-electron chi connectivity index (χ2n) is 17.4. The number of nitrogens with two attached hydrogens (primary N) is 3. The summed E-state index contributed by atoms with van der Waals surface area (Å²) < 4.78 is 129. The maximum absolute atomic E-state index is 13.9. The lowest BCUT2D eigenvalue weighted by molar-refractivity contribution is -0.150. The third kappa shape index (κ3) is 11.2. The molecule has 0 unspecified atom stereocenters. The summed E-state index contributed by atoms with van der Waals surface area (Å²) in [6, 6.07) is 9.94. The van der Waals surface area contributed by atoms with Crippen molar-refractivity contribution in [1.29, 1.82) is 0 Å². The molecule has 4 aliphatic heterocycles. The number of carbonyl (C=O) groups excluding carboxylic acids is 3. The smallest absolute Gasteiger partial charge is 0.368 e. The van der Waals surface area contributed by atoms with Gasteiger partial charge in [-0.2, -0.15) is 26.3 Å². The molecule has 0 aromatic heterocycles. The number of alkyl halides is 6. The number of halogens is 10. The number of anilines is 2. The van der Waals surface area contributed by atoms with Gasteiger partial charge in [0.25, 0.3) is 0 Å². The summed E-state index contributed by atoms with van der Waals surface area (Å²) in [5, 5.41) is 5.97. The second kappa shape index (κ2) is 20.4. The SMILES string of the molecule is CN1c2ccc(F)cc2C(=O)CC12CCN(C(=O)NCc1ccc(F)c([C@@H](N)C(F)(F)F)c1)CC2.CN1c2ccc(F)cc2C(=O)CC12CCNCC2.NCc1ccc(F)c([C@@H](N)C(F)(F)F)c1. The molecule has 4 heterocycles. The van der Waals surface area contributed by atoms with E-state index < -0.39 is 64.6 Å². The lowest BCUT2D eigenvalue weighted by Crippen LogP contribution is -2.59. The molecule has 4 aromatic carbocycles. The van der Waals surface area contributed by atoms with Gasteiger partial charge in [-0.25, -0.2) is 22.4 Å². The zero-order valence-corrected chi connectivity index (χ0v) is 37.1. The standard InChI is InChI=1S/C24H25F5N4O2.C14H17FN2O.C9H10F4N2/c1-32-19-5-3-15(25)11-17(19)20(34)12-23(32)6-8-33(9-7-23)22(35)31-13-14-2-4-18(26)16(10-14)21(30)24(27,28)29;1-17-12-3-2-10(15)8-11(12)13(18)9-14(17)4-6-16-7-5-14;10-7-2-1-5(4-14)3-6(7)8(15)9(11,12)13/h2-5,10-11,21H,6-9,12-13,30H2,1H3,(H,31,35);2-3,8,16H,4-7,9H2,1H3;1-3,8H,4,14-15H2/t21-;;8-/m1.1/s1. The molecule has 11 nitrogen and oxygen atoms in total. The van der Waals surface area contributed by atoms with Gasteiger partial charge in [-0.3, -0.25) is 9.59 Å². The molecule has 368 valence electrons. The first-order valence-electron chi connectivity index (χ1n) is 21.7. The highest BCUT2D eigenvalue weighted by molar-refractivity contribution is 6.05. The van der Waals surface area contributed by atoms with Gasteiger partial charge >= 0.3 is 18.4 Å². The average molecular weight is 967 g/mol. The minimum absolute atomic E-state index is 0.0395. The van der Waals surface area contributed by atoms with Crippen molar-refractivity contribution >= 4 is 29.0 Å². The molecule has 2 fully saturated rings. The molecule has 0 radical (unpaired) electrons. The molecule has 68 heavy (non-hydrogen) atoms. The third-order valence-corrected chi connectivity index (χ3v) is 13.3. The Kier molecular flexibility index (Phi) is 15.5. The predicted octanol–water partition coefficient (Wildman–Crippen LogP) is 8.11. The number of amides is 2. The molecule has 21 heteroatoms. The van der Waals surface area contributed by atoms with E-state index in [9.17, 15) is 58.3 Å². The number of likely N-dealkylation sites (tertiary alicyclic amines) is 1. The van der Waals surface area contributed by atoms with Crippen molar-refractivity contribution < 1.29 is 58.3 Å². The van der Waals surface area contributed by atoms with Crippen molar-refractivity contribution in [2.75, 3.05) is 50.1 Å². The normalized spacial score (nSPS) is 18.4. The molecule has 0 saturated carbocycles. The topological polar surface area (TPSA) is 163 Å². The molecule has 0 bridgehead atoms. The first-order valence-corrected chi connectivity index (χ1v) is 21.7. The van der Waals surface area contributed by atoms with Crippen LogP contribution in [0.4, 0.5) is 60.1 Å². The van der Waals surface area contributed by atoms with Gasteiger partial charge in [0.05, 0.1) is 5.54 Å². The number of fused-ring (bicyclic) bond motifs is 2. The van der Waals surface area contributed by atoms with Crippen LogP contribution < -0.4 is 37.6 Å². The summed E-state index contributed by atoms with van der Waals surface area (Å²) in [4.78, 5) is 43.4. The third-order valence-electron chi connectivity index (χ3n) is 13.3. The number of hydrogen-bond donors (Lipinski definition) is 5. The van der Waals surface area contributed by atoms with E-state index in [0.29, 0.717) is 54.7 Å². The lowest BCUT2D eigenvalue weighted by Gasteiger charge is -2.50. The van der Waals surface area contributed by atoms with Gasteiger partial charge in [0.15, 0.2) is 11.6 Å². The van der Waals surface area contributed by atoms with Crippen molar-refractivity contribution in [3.05, 3.63) is 129 Å². The van der Waals surface area contributed by atoms with Gasteiger partial charge in [0, 0.05) is 92.3 Å². The van der Waals surface area contributed by atoms with Gasteiger partial charge in [-0.15, -0.1) is 0 Å². The van der Waals surface area contributed by atoms with Gasteiger partial charge in [0.1, 0.15) is 35.4 Å². The Labute approximate surface area is 386 Å². The van der Waals surface area contributed by atoms with Crippen molar-refractivity contribution in [3.63, 3.8) is 0 Å². The van der Waals surface area contributed by atoms with Crippen LogP contribution in [-0.4, -0.2) is 86.2 Å². The number of benzene rings is 4. The molecule has 2 atom stereocenters. The van der Waals surface area contributed by atoms with E-state index in [2.05, 4.69) is 15.5 Å². The van der Waals surface area contributed by atoms with Crippen LogP contribution in [0.5, 0.6) is 0 Å².